The Morgan fingerprint density at radius 3 is 2.92 bits per heavy atom. The quantitative estimate of drug-likeness (QED) is 0.644. The summed E-state index contributed by atoms with van der Waals surface area (Å²) in [5.74, 6) is 1.41. The molecular weight excluding hydrogens is 352 g/mol. The van der Waals surface area contributed by atoms with Crippen molar-refractivity contribution in [1.29, 1.82) is 5.26 Å². The van der Waals surface area contributed by atoms with Crippen LogP contribution in [0.4, 0.5) is 11.5 Å². The Kier molecular flexibility index (Phi) is 3.82. The predicted octanol–water partition coefficient (Wildman–Crippen LogP) is 2.84. The van der Waals surface area contributed by atoms with Crippen LogP contribution in [0.25, 0.3) is 0 Å². The average Bonchev–Trinajstić information content (AvgIpc) is 3.14. The summed E-state index contributed by atoms with van der Waals surface area (Å²) in [6.45, 7) is 0. The van der Waals surface area contributed by atoms with Crippen molar-refractivity contribution >= 4 is 23.3 Å². The van der Waals surface area contributed by atoms with Gasteiger partial charge in [0.1, 0.15) is 17.5 Å². The third-order valence-electron chi connectivity index (χ3n) is 4.06. The number of thioether (sulfide) groups is 1. The Morgan fingerprint density at radius 1 is 1.38 bits per heavy atom. The number of hydrogen-bond donors (Lipinski definition) is 3. The Balaban J connectivity index is 1.96. The lowest BCUT2D eigenvalue weighted by Gasteiger charge is -2.29. The highest BCUT2D eigenvalue weighted by Crippen LogP contribution is 2.55. The zero-order chi connectivity index (χ0) is 18.3. The molecule has 1 aliphatic heterocycles. The van der Waals surface area contributed by atoms with E-state index in [0.29, 0.717) is 22.2 Å². The summed E-state index contributed by atoms with van der Waals surface area (Å²) in [6.07, 6.45) is 3.40. The standard InChI is InChI=1S/C17H14N6O2S/c1-24-10-4-2-3-8-13(10)25-16-11(12(19)9(7-18)15(20)23-16)14(8)26-17-21-5-6-22-17/h2-6,14H,1H3,(H,21,22)(H4,19,20,23). The number of para-hydroxylation sites is 1. The summed E-state index contributed by atoms with van der Waals surface area (Å²) in [6, 6.07) is 7.60. The fourth-order valence-electron chi connectivity index (χ4n) is 2.87. The van der Waals surface area contributed by atoms with Crippen LogP contribution in [0.2, 0.25) is 0 Å². The molecule has 130 valence electrons. The summed E-state index contributed by atoms with van der Waals surface area (Å²) in [5, 5.41) is 9.79. The highest BCUT2D eigenvalue weighted by atomic mass is 32.2. The molecule has 0 saturated carbocycles. The lowest BCUT2D eigenvalue weighted by atomic mass is 9.98. The number of nitrogens with one attached hydrogen (secondary N) is 1. The number of nitrogens with two attached hydrogens (primary N) is 2. The van der Waals surface area contributed by atoms with Crippen LogP contribution in [-0.2, 0) is 0 Å². The van der Waals surface area contributed by atoms with E-state index in [1.54, 1.807) is 25.6 Å². The molecule has 2 aromatic heterocycles. The average molecular weight is 366 g/mol. The maximum Gasteiger partial charge on any atom is 0.228 e. The van der Waals surface area contributed by atoms with Gasteiger partial charge in [-0.3, -0.25) is 0 Å². The van der Waals surface area contributed by atoms with Gasteiger partial charge in [0, 0.05) is 18.0 Å². The van der Waals surface area contributed by atoms with Crippen molar-refractivity contribution in [3.05, 3.63) is 47.3 Å². The van der Waals surface area contributed by atoms with Crippen molar-refractivity contribution in [1.82, 2.24) is 15.0 Å². The highest BCUT2D eigenvalue weighted by molar-refractivity contribution is 7.99. The van der Waals surface area contributed by atoms with Gasteiger partial charge in [-0.05, 0) is 6.07 Å². The van der Waals surface area contributed by atoms with Crippen molar-refractivity contribution in [3.8, 4) is 23.4 Å². The predicted molar refractivity (Wildman–Crippen MR) is 97.1 cm³/mol. The van der Waals surface area contributed by atoms with E-state index in [4.69, 9.17) is 20.9 Å². The number of anilines is 2. The first-order valence-corrected chi connectivity index (χ1v) is 8.51. The van der Waals surface area contributed by atoms with E-state index in [0.717, 1.165) is 5.56 Å². The van der Waals surface area contributed by atoms with Gasteiger partial charge in [0.05, 0.1) is 23.6 Å². The Hall–Kier alpha value is -3.38. The Morgan fingerprint density at radius 2 is 2.23 bits per heavy atom. The molecule has 1 aliphatic rings. The number of nitrogens with zero attached hydrogens (tertiary/aromatic N) is 3. The van der Waals surface area contributed by atoms with Gasteiger partial charge < -0.3 is 25.9 Å². The van der Waals surface area contributed by atoms with Crippen molar-refractivity contribution in [2.45, 2.75) is 10.4 Å². The number of benzene rings is 1. The zero-order valence-electron chi connectivity index (χ0n) is 13.7. The van der Waals surface area contributed by atoms with E-state index < -0.39 is 0 Å². The number of H-pyrrole nitrogens is 1. The summed E-state index contributed by atoms with van der Waals surface area (Å²) < 4.78 is 11.4. The van der Waals surface area contributed by atoms with Crippen LogP contribution in [-0.4, -0.2) is 22.1 Å². The monoisotopic (exact) mass is 366 g/mol. The zero-order valence-corrected chi connectivity index (χ0v) is 14.5. The number of nitrogen functional groups attached to an aromatic ring is 2. The van der Waals surface area contributed by atoms with Gasteiger partial charge in [-0.1, -0.05) is 23.9 Å². The molecule has 5 N–H and O–H groups in total. The molecule has 0 aliphatic carbocycles. The van der Waals surface area contributed by atoms with Gasteiger partial charge in [-0.25, -0.2) is 4.98 Å². The smallest absolute Gasteiger partial charge is 0.228 e. The molecule has 9 heteroatoms. The maximum atomic E-state index is 9.39. The number of hydrogen-bond acceptors (Lipinski definition) is 8. The molecule has 1 aromatic carbocycles. The normalized spacial score (nSPS) is 14.7. The van der Waals surface area contributed by atoms with Crippen molar-refractivity contribution < 1.29 is 9.47 Å². The highest BCUT2D eigenvalue weighted by Gasteiger charge is 2.35. The van der Waals surface area contributed by atoms with Crippen LogP contribution in [0.3, 0.4) is 0 Å². The lowest BCUT2D eigenvalue weighted by molar-refractivity contribution is 0.365. The molecule has 0 fully saturated rings. The van der Waals surface area contributed by atoms with Crippen LogP contribution >= 0.6 is 11.8 Å². The van der Waals surface area contributed by atoms with Crippen LogP contribution < -0.4 is 20.9 Å². The number of methoxy groups -OCH3 is 1. The first kappa shape index (κ1) is 16.1. The number of nitriles is 1. The van der Waals surface area contributed by atoms with E-state index >= 15 is 0 Å². The molecule has 0 spiro atoms. The maximum absolute atomic E-state index is 9.39. The summed E-state index contributed by atoms with van der Waals surface area (Å²) in [7, 11) is 1.57. The number of pyridine rings is 1. The molecule has 0 bridgehead atoms. The van der Waals surface area contributed by atoms with Gasteiger partial charge in [-0.15, -0.1) is 0 Å². The number of imidazole rings is 1. The Bertz CT molecular complexity index is 1030. The molecular formula is C17H14N6O2S. The summed E-state index contributed by atoms with van der Waals surface area (Å²) in [4.78, 5) is 11.6. The minimum atomic E-state index is -0.296. The SMILES string of the molecule is COc1cccc2c1Oc1nc(N)c(C#N)c(N)c1C2Sc1ncc[nH]1. The van der Waals surface area contributed by atoms with E-state index in [1.165, 1.54) is 11.8 Å². The summed E-state index contributed by atoms with van der Waals surface area (Å²) in [5.41, 5.74) is 14.0. The number of aromatic nitrogens is 3. The van der Waals surface area contributed by atoms with Gasteiger partial charge in [-0.2, -0.15) is 10.2 Å². The van der Waals surface area contributed by atoms with Crippen LogP contribution in [0.15, 0.2) is 35.7 Å². The second kappa shape index (κ2) is 6.16. The molecule has 4 rings (SSSR count). The molecule has 0 saturated heterocycles. The van der Waals surface area contributed by atoms with Gasteiger partial charge in [0.25, 0.3) is 0 Å². The lowest BCUT2D eigenvalue weighted by Crippen LogP contribution is -2.15. The topological polar surface area (TPSA) is 136 Å². The van der Waals surface area contributed by atoms with Crippen LogP contribution in [0, 0.1) is 11.3 Å². The third-order valence-corrected chi connectivity index (χ3v) is 5.23. The minimum absolute atomic E-state index is 0.0313. The number of fused-ring (bicyclic) bond motifs is 2. The van der Waals surface area contributed by atoms with Crippen LogP contribution in [0.5, 0.6) is 17.4 Å². The number of rotatable bonds is 3. The number of aromatic amines is 1. The molecule has 26 heavy (non-hydrogen) atoms. The second-order valence-electron chi connectivity index (χ2n) is 5.49. The van der Waals surface area contributed by atoms with Gasteiger partial charge in [0.2, 0.25) is 5.88 Å². The molecule has 0 radical (unpaired) electrons. The molecule has 1 unspecified atom stereocenters. The van der Waals surface area contributed by atoms with Crippen LogP contribution in [0.1, 0.15) is 21.9 Å². The van der Waals surface area contributed by atoms with Gasteiger partial charge in [0.15, 0.2) is 16.7 Å². The fourth-order valence-corrected chi connectivity index (χ4v) is 4.01. The number of ether oxygens (including phenoxy) is 2. The van der Waals surface area contributed by atoms with Gasteiger partial charge >= 0.3 is 0 Å². The molecule has 0 amide bonds. The third kappa shape index (κ3) is 2.39. The summed E-state index contributed by atoms with van der Waals surface area (Å²) >= 11 is 1.44. The largest absolute Gasteiger partial charge is 0.493 e. The van der Waals surface area contributed by atoms with E-state index in [1.807, 2.05) is 18.2 Å². The first-order valence-electron chi connectivity index (χ1n) is 7.63. The molecule has 3 heterocycles. The van der Waals surface area contributed by atoms with E-state index in [2.05, 4.69) is 15.0 Å². The van der Waals surface area contributed by atoms with E-state index in [-0.39, 0.29) is 28.2 Å². The molecule has 3 aromatic rings. The van der Waals surface area contributed by atoms with Crippen molar-refractivity contribution in [2.24, 2.45) is 0 Å². The first-order chi connectivity index (χ1) is 12.6. The second-order valence-corrected chi connectivity index (χ2v) is 6.58. The fraction of sp³-hybridized carbons (Fsp3) is 0.118. The van der Waals surface area contributed by atoms with E-state index in [9.17, 15) is 5.26 Å². The van der Waals surface area contributed by atoms with Crippen molar-refractivity contribution in [2.75, 3.05) is 18.6 Å². The van der Waals surface area contributed by atoms with Crippen molar-refractivity contribution in [3.63, 3.8) is 0 Å². The Labute approximate surface area is 153 Å². The molecule has 8 nitrogen and oxygen atoms in total. The minimum Gasteiger partial charge on any atom is -0.493 e. The molecule has 1 atom stereocenters.